The van der Waals surface area contributed by atoms with Gasteiger partial charge in [-0.2, -0.15) is 0 Å². The standard InChI is InChI=1S/C27H33N3O5/c1-16(2)35-23-13-21-20(12-22(23)25(28)32)18(5-4-17-8-10-27(3,33)11-9-17)14-29-26(21)34-15-19-6-7-24(31)30-19/h12-14,16-17,19,33H,6-11,15H2,1-3H3,(H2,28,32)(H,30,31)/t17?,19-,27?/m0/s1. The third kappa shape index (κ3) is 6.04. The maximum atomic E-state index is 12.2. The number of rotatable bonds is 6. The number of hydrogen-bond acceptors (Lipinski definition) is 6. The van der Waals surface area contributed by atoms with Crippen molar-refractivity contribution in [2.75, 3.05) is 6.61 Å². The van der Waals surface area contributed by atoms with E-state index in [9.17, 15) is 14.7 Å². The number of hydrogen-bond donors (Lipinski definition) is 3. The molecule has 1 aromatic heterocycles. The number of aromatic nitrogens is 1. The minimum atomic E-state index is -0.618. The van der Waals surface area contributed by atoms with Gasteiger partial charge in [-0.15, -0.1) is 0 Å². The Kier molecular flexibility index (Phi) is 7.18. The minimum Gasteiger partial charge on any atom is -0.490 e. The molecule has 1 saturated carbocycles. The van der Waals surface area contributed by atoms with E-state index in [1.54, 1.807) is 18.3 Å². The number of carbonyl (C=O) groups excluding carboxylic acids is 2. The summed E-state index contributed by atoms with van der Waals surface area (Å²) in [6.07, 6.45) is 5.78. The summed E-state index contributed by atoms with van der Waals surface area (Å²) in [7, 11) is 0. The molecule has 2 heterocycles. The van der Waals surface area contributed by atoms with Crippen molar-refractivity contribution in [3.63, 3.8) is 0 Å². The number of nitrogens with one attached hydrogen (secondary N) is 1. The van der Waals surface area contributed by atoms with Crippen LogP contribution < -0.4 is 20.5 Å². The van der Waals surface area contributed by atoms with Crippen LogP contribution in [0, 0.1) is 17.8 Å². The number of ether oxygens (including phenoxy) is 2. The minimum absolute atomic E-state index is 0.0185. The number of pyridine rings is 1. The highest BCUT2D eigenvalue weighted by Gasteiger charge is 2.28. The SMILES string of the molecule is CC(C)Oc1cc2c(OC[C@@H]3CCC(=O)N3)ncc(C#CC3CCC(C)(O)CC3)c2cc1C(N)=O. The normalized spacial score (nSPS) is 24.1. The molecule has 1 aromatic carbocycles. The Morgan fingerprint density at radius 1 is 1.29 bits per heavy atom. The van der Waals surface area contributed by atoms with Crippen molar-refractivity contribution >= 4 is 22.6 Å². The second kappa shape index (κ2) is 10.1. The molecule has 0 radical (unpaired) electrons. The summed E-state index contributed by atoms with van der Waals surface area (Å²) in [6, 6.07) is 3.35. The lowest BCUT2D eigenvalue weighted by Gasteiger charge is -2.30. The van der Waals surface area contributed by atoms with Crippen LogP contribution in [0.3, 0.4) is 0 Å². The van der Waals surface area contributed by atoms with E-state index in [0.29, 0.717) is 47.4 Å². The fourth-order valence-corrected chi connectivity index (χ4v) is 4.55. The van der Waals surface area contributed by atoms with Crippen molar-refractivity contribution in [3.05, 3.63) is 29.5 Å². The van der Waals surface area contributed by atoms with Crippen LogP contribution in [0.4, 0.5) is 0 Å². The van der Waals surface area contributed by atoms with Crippen LogP contribution >= 0.6 is 0 Å². The lowest BCUT2D eigenvalue weighted by atomic mass is 9.80. The molecule has 2 aromatic rings. The average molecular weight is 480 g/mol. The first-order valence-electron chi connectivity index (χ1n) is 12.2. The Labute approximate surface area is 205 Å². The predicted molar refractivity (Wildman–Crippen MR) is 132 cm³/mol. The molecular weight excluding hydrogens is 446 g/mol. The summed E-state index contributed by atoms with van der Waals surface area (Å²) in [4.78, 5) is 28.3. The Bertz CT molecular complexity index is 1180. The summed E-state index contributed by atoms with van der Waals surface area (Å²) >= 11 is 0. The molecule has 186 valence electrons. The molecule has 8 heteroatoms. The maximum Gasteiger partial charge on any atom is 0.252 e. The second-order valence-corrected chi connectivity index (χ2v) is 10.1. The van der Waals surface area contributed by atoms with Gasteiger partial charge >= 0.3 is 0 Å². The quantitative estimate of drug-likeness (QED) is 0.547. The number of nitrogens with two attached hydrogens (primary N) is 1. The van der Waals surface area contributed by atoms with Gasteiger partial charge in [-0.3, -0.25) is 9.59 Å². The van der Waals surface area contributed by atoms with Crippen molar-refractivity contribution < 1.29 is 24.2 Å². The maximum absolute atomic E-state index is 12.2. The first kappa shape index (κ1) is 24.8. The van der Waals surface area contributed by atoms with E-state index < -0.39 is 11.5 Å². The Morgan fingerprint density at radius 2 is 2.03 bits per heavy atom. The molecule has 35 heavy (non-hydrogen) atoms. The van der Waals surface area contributed by atoms with Crippen LogP contribution in [-0.2, 0) is 4.79 Å². The van der Waals surface area contributed by atoms with Gasteiger partial charge in [0.15, 0.2) is 0 Å². The molecular formula is C27H33N3O5. The van der Waals surface area contributed by atoms with Crippen molar-refractivity contribution in [1.82, 2.24) is 10.3 Å². The van der Waals surface area contributed by atoms with E-state index >= 15 is 0 Å². The van der Waals surface area contributed by atoms with Crippen molar-refractivity contribution in [2.45, 2.75) is 77.0 Å². The molecule has 0 spiro atoms. The molecule has 2 aliphatic rings. The van der Waals surface area contributed by atoms with Gasteiger partial charge in [0.1, 0.15) is 12.4 Å². The molecule has 1 aliphatic heterocycles. The third-order valence-corrected chi connectivity index (χ3v) is 6.56. The summed E-state index contributed by atoms with van der Waals surface area (Å²) in [5.74, 6) is 6.92. The highest BCUT2D eigenvalue weighted by molar-refractivity contribution is 6.03. The van der Waals surface area contributed by atoms with Crippen LogP contribution in [0.15, 0.2) is 18.3 Å². The largest absolute Gasteiger partial charge is 0.490 e. The zero-order valence-electron chi connectivity index (χ0n) is 20.5. The van der Waals surface area contributed by atoms with Crippen molar-refractivity contribution in [1.29, 1.82) is 0 Å². The average Bonchev–Trinajstić information content (AvgIpc) is 3.21. The first-order valence-corrected chi connectivity index (χ1v) is 12.2. The Hall–Kier alpha value is -3.31. The Morgan fingerprint density at radius 3 is 2.66 bits per heavy atom. The Balaban J connectivity index is 1.71. The van der Waals surface area contributed by atoms with E-state index in [-0.39, 0.29) is 29.5 Å². The van der Waals surface area contributed by atoms with E-state index in [2.05, 4.69) is 22.1 Å². The van der Waals surface area contributed by atoms with Gasteiger partial charge in [0.25, 0.3) is 5.91 Å². The van der Waals surface area contributed by atoms with Gasteiger partial charge in [0, 0.05) is 29.3 Å². The number of amides is 2. The van der Waals surface area contributed by atoms with Crippen LogP contribution in [0.25, 0.3) is 10.8 Å². The van der Waals surface area contributed by atoms with Crippen LogP contribution in [-0.4, -0.2) is 46.3 Å². The summed E-state index contributed by atoms with van der Waals surface area (Å²) < 4.78 is 11.9. The zero-order chi connectivity index (χ0) is 25.2. The molecule has 1 saturated heterocycles. The zero-order valence-corrected chi connectivity index (χ0v) is 20.5. The van der Waals surface area contributed by atoms with E-state index in [1.165, 1.54) is 0 Å². The molecule has 8 nitrogen and oxygen atoms in total. The van der Waals surface area contributed by atoms with E-state index in [1.807, 2.05) is 20.8 Å². The first-order chi connectivity index (χ1) is 16.6. The molecule has 2 fully saturated rings. The van der Waals surface area contributed by atoms with Crippen LogP contribution in [0.5, 0.6) is 11.6 Å². The summed E-state index contributed by atoms with van der Waals surface area (Å²) in [6.45, 7) is 5.90. The lowest BCUT2D eigenvalue weighted by Crippen LogP contribution is -2.31. The molecule has 1 aliphatic carbocycles. The molecule has 0 bridgehead atoms. The lowest BCUT2D eigenvalue weighted by molar-refractivity contribution is -0.119. The van der Waals surface area contributed by atoms with Gasteiger partial charge in [-0.25, -0.2) is 4.98 Å². The number of primary amides is 1. The summed E-state index contributed by atoms with van der Waals surface area (Å²) in [5.41, 5.74) is 5.99. The molecule has 2 amide bonds. The van der Waals surface area contributed by atoms with Gasteiger partial charge in [-0.05, 0) is 65.0 Å². The molecule has 4 N–H and O–H groups in total. The molecule has 0 unspecified atom stereocenters. The highest BCUT2D eigenvalue weighted by atomic mass is 16.5. The number of benzene rings is 1. The highest BCUT2D eigenvalue weighted by Crippen LogP contribution is 2.34. The smallest absolute Gasteiger partial charge is 0.252 e. The number of carbonyl (C=O) groups is 2. The van der Waals surface area contributed by atoms with Crippen LogP contribution in [0.1, 0.15) is 75.2 Å². The topological polar surface area (TPSA) is 124 Å². The van der Waals surface area contributed by atoms with Crippen molar-refractivity contribution in [2.24, 2.45) is 11.7 Å². The number of fused-ring (bicyclic) bond motifs is 1. The molecule has 1 atom stereocenters. The van der Waals surface area contributed by atoms with E-state index in [0.717, 1.165) is 25.7 Å². The van der Waals surface area contributed by atoms with Gasteiger partial charge < -0.3 is 25.6 Å². The predicted octanol–water partition coefficient (Wildman–Crippen LogP) is 3.07. The second-order valence-electron chi connectivity index (χ2n) is 10.1. The van der Waals surface area contributed by atoms with Gasteiger partial charge in [-0.1, -0.05) is 11.8 Å². The summed E-state index contributed by atoms with van der Waals surface area (Å²) in [5, 5.41) is 14.5. The van der Waals surface area contributed by atoms with E-state index in [4.69, 9.17) is 15.2 Å². The molecule has 4 rings (SSSR count). The van der Waals surface area contributed by atoms with Crippen LogP contribution in [0.2, 0.25) is 0 Å². The number of nitrogens with zero attached hydrogens (tertiary/aromatic N) is 1. The fraction of sp³-hybridized carbons (Fsp3) is 0.519. The van der Waals surface area contributed by atoms with Gasteiger partial charge in [0.05, 0.1) is 28.9 Å². The number of aliphatic hydroxyl groups is 1. The monoisotopic (exact) mass is 479 g/mol. The van der Waals surface area contributed by atoms with Gasteiger partial charge in [0.2, 0.25) is 11.8 Å². The third-order valence-electron chi connectivity index (χ3n) is 6.56. The van der Waals surface area contributed by atoms with Crippen molar-refractivity contribution in [3.8, 4) is 23.5 Å². The fourth-order valence-electron chi connectivity index (χ4n) is 4.55.